The summed E-state index contributed by atoms with van der Waals surface area (Å²) in [5.41, 5.74) is 2.93. The minimum Gasteiger partial charge on any atom is -0.288 e. The monoisotopic (exact) mass is 418 g/mol. The molecule has 1 heterocycles. The van der Waals surface area contributed by atoms with E-state index in [1.807, 2.05) is 84.9 Å². The van der Waals surface area contributed by atoms with E-state index in [4.69, 9.17) is 0 Å². The molecule has 0 saturated heterocycles. The standard InChI is InChI=1S/C21H15BrN4O/c22-16-11-13-17(14-12-16)23-24-20-19(15-7-3-1-4-8-15)25-26(21(20)27)18-9-5-2-6-10-18/h1-14,25H. The van der Waals surface area contributed by atoms with Crippen LogP contribution in [-0.4, -0.2) is 9.78 Å². The second kappa shape index (κ2) is 7.55. The average Bonchev–Trinajstić information content (AvgIpc) is 3.05. The molecular formula is C21H15BrN4O. The zero-order chi connectivity index (χ0) is 18.6. The number of H-pyrrole nitrogens is 1. The number of aromatic nitrogens is 2. The summed E-state index contributed by atoms with van der Waals surface area (Å²) in [5.74, 6) is 0. The topological polar surface area (TPSA) is 62.5 Å². The second-order valence-corrected chi connectivity index (χ2v) is 6.77. The quantitative estimate of drug-likeness (QED) is 0.405. The summed E-state index contributed by atoms with van der Waals surface area (Å²) in [7, 11) is 0. The summed E-state index contributed by atoms with van der Waals surface area (Å²) in [5, 5.41) is 11.7. The fourth-order valence-corrected chi connectivity index (χ4v) is 2.97. The molecule has 0 atom stereocenters. The Labute approximate surface area is 164 Å². The fraction of sp³-hybridized carbons (Fsp3) is 0. The van der Waals surface area contributed by atoms with E-state index in [1.54, 1.807) is 0 Å². The van der Waals surface area contributed by atoms with E-state index in [2.05, 4.69) is 31.3 Å². The lowest BCUT2D eigenvalue weighted by atomic mass is 10.1. The molecule has 4 rings (SSSR count). The first-order valence-corrected chi connectivity index (χ1v) is 9.15. The average molecular weight is 419 g/mol. The van der Waals surface area contributed by atoms with Gasteiger partial charge in [-0.3, -0.25) is 9.89 Å². The summed E-state index contributed by atoms with van der Waals surface area (Å²) in [6, 6.07) is 26.5. The van der Waals surface area contributed by atoms with Crippen molar-refractivity contribution in [3.63, 3.8) is 0 Å². The number of rotatable bonds is 4. The van der Waals surface area contributed by atoms with Gasteiger partial charge in [-0.05, 0) is 36.4 Å². The molecule has 1 N–H and O–H groups in total. The van der Waals surface area contributed by atoms with Crippen LogP contribution in [0.25, 0.3) is 16.9 Å². The SMILES string of the molecule is O=c1c(N=Nc2ccc(Br)cc2)c(-c2ccccc2)[nH]n1-c1ccccc1. The van der Waals surface area contributed by atoms with Crippen molar-refractivity contribution in [2.75, 3.05) is 0 Å². The van der Waals surface area contributed by atoms with Gasteiger partial charge in [-0.15, -0.1) is 5.11 Å². The highest BCUT2D eigenvalue weighted by Gasteiger charge is 2.16. The normalized spacial score (nSPS) is 11.1. The van der Waals surface area contributed by atoms with Gasteiger partial charge in [0.25, 0.3) is 5.56 Å². The zero-order valence-corrected chi connectivity index (χ0v) is 15.8. The lowest BCUT2D eigenvalue weighted by Gasteiger charge is -2.01. The summed E-state index contributed by atoms with van der Waals surface area (Å²) < 4.78 is 2.44. The molecule has 0 spiro atoms. The molecular weight excluding hydrogens is 404 g/mol. The van der Waals surface area contributed by atoms with E-state index in [0.29, 0.717) is 11.4 Å². The summed E-state index contributed by atoms with van der Waals surface area (Å²) >= 11 is 3.39. The van der Waals surface area contributed by atoms with E-state index in [0.717, 1.165) is 15.7 Å². The minimum absolute atomic E-state index is 0.249. The highest BCUT2D eigenvalue weighted by atomic mass is 79.9. The minimum atomic E-state index is -0.249. The largest absolute Gasteiger partial charge is 0.299 e. The van der Waals surface area contributed by atoms with Crippen molar-refractivity contribution < 1.29 is 0 Å². The molecule has 0 fully saturated rings. The van der Waals surface area contributed by atoms with Crippen molar-refractivity contribution >= 4 is 27.3 Å². The fourth-order valence-electron chi connectivity index (χ4n) is 2.70. The van der Waals surface area contributed by atoms with Crippen molar-refractivity contribution in [3.8, 4) is 16.9 Å². The Morgan fingerprint density at radius 1 is 0.778 bits per heavy atom. The van der Waals surface area contributed by atoms with E-state index in [9.17, 15) is 4.79 Å². The van der Waals surface area contributed by atoms with Gasteiger partial charge in [0.2, 0.25) is 0 Å². The number of nitrogens with one attached hydrogen (secondary N) is 1. The number of hydrogen-bond acceptors (Lipinski definition) is 3. The molecule has 0 unspecified atom stereocenters. The number of benzene rings is 3. The van der Waals surface area contributed by atoms with Gasteiger partial charge in [-0.1, -0.05) is 64.5 Å². The number of nitrogens with zero attached hydrogens (tertiary/aromatic N) is 3. The first kappa shape index (κ1) is 17.2. The third-order valence-corrected chi connectivity index (χ3v) is 4.56. The molecule has 4 aromatic rings. The number of halogens is 1. The Hall–Kier alpha value is -3.25. The number of para-hydroxylation sites is 1. The van der Waals surface area contributed by atoms with Crippen LogP contribution in [0.1, 0.15) is 0 Å². The molecule has 0 saturated carbocycles. The molecule has 5 nitrogen and oxygen atoms in total. The Morgan fingerprint density at radius 2 is 1.41 bits per heavy atom. The molecule has 0 amide bonds. The first-order valence-electron chi connectivity index (χ1n) is 8.35. The Balaban J connectivity index is 1.85. The molecule has 3 aromatic carbocycles. The summed E-state index contributed by atoms with van der Waals surface area (Å²) in [4.78, 5) is 13.0. The van der Waals surface area contributed by atoms with Gasteiger partial charge in [0.1, 0.15) is 0 Å². The molecule has 1 aromatic heterocycles. The van der Waals surface area contributed by atoms with E-state index in [-0.39, 0.29) is 11.2 Å². The highest BCUT2D eigenvalue weighted by molar-refractivity contribution is 9.10. The van der Waals surface area contributed by atoms with Crippen molar-refractivity contribution in [2.24, 2.45) is 10.2 Å². The van der Waals surface area contributed by atoms with Gasteiger partial charge in [-0.2, -0.15) is 5.11 Å². The van der Waals surface area contributed by atoms with Gasteiger partial charge in [-0.25, -0.2) is 4.68 Å². The smallest absolute Gasteiger partial charge is 0.288 e. The maximum absolute atomic E-state index is 13.0. The maximum Gasteiger partial charge on any atom is 0.299 e. The molecule has 0 aliphatic rings. The van der Waals surface area contributed by atoms with E-state index in [1.165, 1.54) is 4.68 Å². The molecule has 0 aliphatic heterocycles. The van der Waals surface area contributed by atoms with Crippen LogP contribution >= 0.6 is 15.9 Å². The number of azo groups is 1. The number of aromatic amines is 1. The van der Waals surface area contributed by atoms with Gasteiger partial charge < -0.3 is 0 Å². The third kappa shape index (κ3) is 3.66. The van der Waals surface area contributed by atoms with Crippen molar-refractivity contribution in [1.82, 2.24) is 9.78 Å². The molecule has 0 radical (unpaired) electrons. The predicted octanol–water partition coefficient (Wildman–Crippen LogP) is 6.01. The van der Waals surface area contributed by atoms with Gasteiger partial charge >= 0.3 is 0 Å². The Bertz CT molecular complexity index is 1130. The van der Waals surface area contributed by atoms with Crippen molar-refractivity contribution in [2.45, 2.75) is 0 Å². The molecule has 0 bridgehead atoms. The van der Waals surface area contributed by atoms with Crippen LogP contribution in [0.5, 0.6) is 0 Å². The van der Waals surface area contributed by atoms with Crippen LogP contribution < -0.4 is 5.56 Å². The summed E-state index contributed by atoms with van der Waals surface area (Å²) in [6.07, 6.45) is 0. The summed E-state index contributed by atoms with van der Waals surface area (Å²) in [6.45, 7) is 0. The lowest BCUT2D eigenvalue weighted by Crippen LogP contribution is -2.13. The van der Waals surface area contributed by atoms with E-state index >= 15 is 0 Å². The van der Waals surface area contributed by atoms with Crippen LogP contribution in [0, 0.1) is 0 Å². The van der Waals surface area contributed by atoms with Gasteiger partial charge in [0, 0.05) is 10.0 Å². The predicted molar refractivity (Wildman–Crippen MR) is 110 cm³/mol. The van der Waals surface area contributed by atoms with Gasteiger partial charge in [0.05, 0.1) is 17.1 Å². The second-order valence-electron chi connectivity index (χ2n) is 5.85. The zero-order valence-electron chi connectivity index (χ0n) is 14.2. The molecule has 0 aliphatic carbocycles. The molecule has 27 heavy (non-hydrogen) atoms. The molecule has 132 valence electrons. The van der Waals surface area contributed by atoms with Crippen LogP contribution in [0.4, 0.5) is 11.4 Å². The molecule has 6 heteroatoms. The Morgan fingerprint density at radius 3 is 2.07 bits per heavy atom. The van der Waals surface area contributed by atoms with Crippen LogP contribution in [0.3, 0.4) is 0 Å². The lowest BCUT2D eigenvalue weighted by molar-refractivity contribution is 0.852. The third-order valence-electron chi connectivity index (χ3n) is 4.04. The Kier molecular flexibility index (Phi) is 4.80. The first-order chi connectivity index (χ1) is 13.2. The van der Waals surface area contributed by atoms with Crippen molar-refractivity contribution in [1.29, 1.82) is 0 Å². The highest BCUT2D eigenvalue weighted by Crippen LogP contribution is 2.28. The van der Waals surface area contributed by atoms with Crippen LogP contribution in [0.15, 0.2) is 104 Å². The maximum atomic E-state index is 13.0. The number of hydrogen-bond donors (Lipinski definition) is 1. The van der Waals surface area contributed by atoms with Crippen LogP contribution in [-0.2, 0) is 0 Å². The van der Waals surface area contributed by atoms with Crippen LogP contribution in [0.2, 0.25) is 0 Å². The van der Waals surface area contributed by atoms with Gasteiger partial charge in [0.15, 0.2) is 5.69 Å². The van der Waals surface area contributed by atoms with Crippen molar-refractivity contribution in [3.05, 3.63) is 99.8 Å². The van der Waals surface area contributed by atoms with E-state index < -0.39 is 0 Å².